The Labute approximate surface area is 232 Å². The van der Waals surface area contributed by atoms with E-state index in [0.717, 1.165) is 36.4 Å². The van der Waals surface area contributed by atoms with Crippen LogP contribution >= 0.6 is 0 Å². The molecule has 4 nitrogen and oxygen atoms in total. The molecule has 1 N–H and O–H groups in total. The monoisotopic (exact) mass is 565 g/mol. The molecule has 0 aliphatic heterocycles. The Bertz CT molecular complexity index is 1590. The Balaban J connectivity index is 2.05. The predicted octanol–water partition coefficient (Wildman–Crippen LogP) is 7.51. The molecule has 2 atom stereocenters. The van der Waals surface area contributed by atoms with Crippen LogP contribution in [-0.4, -0.2) is 28.1 Å². The highest BCUT2D eigenvalue weighted by Crippen LogP contribution is 2.45. The summed E-state index contributed by atoms with van der Waals surface area (Å²) in [5.41, 5.74) is -4.31. The second kappa shape index (κ2) is 11.1. The van der Waals surface area contributed by atoms with Gasteiger partial charge in [-0.2, -0.15) is 13.2 Å². The molecule has 0 spiro atoms. The van der Waals surface area contributed by atoms with Gasteiger partial charge in [0.1, 0.15) is 22.9 Å². The first-order valence-electron chi connectivity index (χ1n) is 12.4. The highest BCUT2D eigenvalue weighted by Gasteiger charge is 2.43. The largest absolute Gasteiger partial charge is 0.477 e. The number of allylic oxidation sites excluding steroid dienone is 3. The number of hydrogen-bond donors (Lipinski definition) is 1. The van der Waals surface area contributed by atoms with Gasteiger partial charge in [0.05, 0.1) is 11.0 Å². The normalized spacial score (nSPS) is 20.8. The number of carboxylic acids is 1. The number of aliphatic carboxylic acids is 1. The molecular formula is C32H24F5NO3. The quantitative estimate of drug-likeness (QED) is 0.133. The molecule has 41 heavy (non-hydrogen) atoms. The summed E-state index contributed by atoms with van der Waals surface area (Å²) in [6, 6.07) is 14.8. The third-order valence-electron chi connectivity index (χ3n) is 6.89. The first-order valence-corrected chi connectivity index (χ1v) is 12.4. The van der Waals surface area contributed by atoms with Gasteiger partial charge < -0.3 is 5.11 Å². The second-order valence-electron chi connectivity index (χ2n) is 9.66. The number of hydrogen-bond acceptors (Lipinski definition) is 3. The van der Waals surface area contributed by atoms with E-state index in [1.54, 1.807) is 18.2 Å². The van der Waals surface area contributed by atoms with Crippen molar-refractivity contribution >= 4 is 17.5 Å². The summed E-state index contributed by atoms with van der Waals surface area (Å²) in [6.07, 6.45) is 0.789. The van der Waals surface area contributed by atoms with Crippen LogP contribution in [0.2, 0.25) is 0 Å². The van der Waals surface area contributed by atoms with Crippen molar-refractivity contribution < 1.29 is 36.6 Å². The number of Topliss-reactive ketones (excluding diaryl/α,β-unsaturated/α-hetero) is 1. The van der Waals surface area contributed by atoms with Crippen molar-refractivity contribution in [3.05, 3.63) is 143 Å². The SMILES string of the molecule is C=CCC(=NC1(C)C=CC(c2ccc(C(F)(F)F)cc2)(c2ccc(F)cc2F)C=C1C(=O)c1ccccc1)C(=O)O. The highest BCUT2D eigenvalue weighted by atomic mass is 19.4. The van der Waals surface area contributed by atoms with Crippen molar-refractivity contribution in [3.8, 4) is 0 Å². The standard InChI is InChI=1S/C32H24F5NO3/c1-3-7-27(29(40)41)38-30(2)16-17-31(24-15-14-23(33)18-26(24)34,21-10-12-22(13-11-21)32(35,36)37)19-25(30)28(39)20-8-5-4-6-9-20/h3-6,8-19H,1,7H2,2H3,(H,40,41). The van der Waals surface area contributed by atoms with Crippen molar-refractivity contribution in [2.24, 2.45) is 4.99 Å². The van der Waals surface area contributed by atoms with Crippen LogP contribution in [0.15, 0.2) is 114 Å². The van der Waals surface area contributed by atoms with E-state index in [-0.39, 0.29) is 34.4 Å². The van der Waals surface area contributed by atoms with Crippen LogP contribution in [0, 0.1) is 11.6 Å². The van der Waals surface area contributed by atoms with Gasteiger partial charge in [-0.15, -0.1) is 6.58 Å². The lowest BCUT2D eigenvalue weighted by Gasteiger charge is -2.38. The van der Waals surface area contributed by atoms with E-state index in [9.17, 15) is 32.3 Å². The second-order valence-corrected chi connectivity index (χ2v) is 9.66. The van der Waals surface area contributed by atoms with Gasteiger partial charge in [-0.05, 0) is 30.7 Å². The average molecular weight is 566 g/mol. The van der Waals surface area contributed by atoms with Gasteiger partial charge in [0.2, 0.25) is 0 Å². The van der Waals surface area contributed by atoms with Crippen molar-refractivity contribution in [1.82, 2.24) is 0 Å². The summed E-state index contributed by atoms with van der Waals surface area (Å²) >= 11 is 0. The first-order chi connectivity index (χ1) is 19.3. The van der Waals surface area contributed by atoms with E-state index in [1.165, 1.54) is 43.4 Å². The average Bonchev–Trinajstić information content (AvgIpc) is 2.93. The molecule has 2 unspecified atom stereocenters. The Hall–Kier alpha value is -4.66. The van der Waals surface area contributed by atoms with Gasteiger partial charge >= 0.3 is 12.1 Å². The lowest BCUT2D eigenvalue weighted by atomic mass is 9.66. The van der Waals surface area contributed by atoms with Crippen LogP contribution in [0.4, 0.5) is 22.0 Å². The maximum absolute atomic E-state index is 15.4. The van der Waals surface area contributed by atoms with Gasteiger partial charge in [-0.3, -0.25) is 9.79 Å². The maximum Gasteiger partial charge on any atom is 0.416 e. The lowest BCUT2D eigenvalue weighted by Crippen LogP contribution is -2.38. The lowest BCUT2D eigenvalue weighted by molar-refractivity contribution is -0.137. The Morgan fingerprint density at radius 3 is 2.20 bits per heavy atom. The zero-order valence-electron chi connectivity index (χ0n) is 21.8. The summed E-state index contributed by atoms with van der Waals surface area (Å²) in [5, 5.41) is 9.72. The topological polar surface area (TPSA) is 66.7 Å². The molecule has 4 rings (SSSR count). The molecule has 0 aromatic heterocycles. The molecule has 3 aromatic rings. The number of alkyl halides is 3. The molecular weight excluding hydrogens is 541 g/mol. The molecule has 210 valence electrons. The van der Waals surface area contributed by atoms with Gasteiger partial charge in [-0.1, -0.05) is 72.8 Å². The molecule has 0 saturated carbocycles. The molecule has 1 aliphatic rings. The number of benzene rings is 3. The Morgan fingerprint density at radius 2 is 1.63 bits per heavy atom. The molecule has 0 amide bonds. The third-order valence-corrected chi connectivity index (χ3v) is 6.89. The molecule has 0 fully saturated rings. The molecule has 1 aliphatic carbocycles. The molecule has 0 saturated heterocycles. The fourth-order valence-electron chi connectivity index (χ4n) is 4.80. The van der Waals surface area contributed by atoms with Crippen LogP contribution < -0.4 is 0 Å². The number of carbonyl (C=O) groups is 2. The number of aliphatic imine (C=N–C) groups is 1. The van der Waals surface area contributed by atoms with Crippen LogP contribution in [0.3, 0.4) is 0 Å². The minimum atomic E-state index is -4.63. The fourth-order valence-corrected chi connectivity index (χ4v) is 4.80. The van der Waals surface area contributed by atoms with Crippen LogP contribution in [0.25, 0.3) is 0 Å². The number of halogens is 5. The first kappa shape index (κ1) is 29.3. The summed E-state index contributed by atoms with van der Waals surface area (Å²) in [4.78, 5) is 30.3. The van der Waals surface area contributed by atoms with E-state index >= 15 is 4.39 Å². The Morgan fingerprint density at radius 1 is 0.976 bits per heavy atom. The van der Waals surface area contributed by atoms with Gasteiger partial charge in [0, 0.05) is 29.2 Å². The minimum Gasteiger partial charge on any atom is -0.477 e. The maximum atomic E-state index is 15.4. The zero-order chi connectivity index (χ0) is 30.0. The molecule has 0 bridgehead atoms. The van der Waals surface area contributed by atoms with Crippen molar-refractivity contribution in [2.75, 3.05) is 0 Å². The number of rotatable bonds is 8. The van der Waals surface area contributed by atoms with Gasteiger partial charge in [-0.25, -0.2) is 13.6 Å². The number of nitrogens with zero attached hydrogens (tertiary/aromatic N) is 1. The molecule has 9 heteroatoms. The minimum absolute atomic E-state index is 0.0577. The van der Waals surface area contributed by atoms with E-state index in [4.69, 9.17) is 0 Å². The third kappa shape index (κ3) is 5.79. The van der Waals surface area contributed by atoms with E-state index in [2.05, 4.69) is 11.6 Å². The van der Waals surface area contributed by atoms with E-state index in [1.807, 2.05) is 0 Å². The van der Waals surface area contributed by atoms with Crippen LogP contribution in [0.1, 0.15) is 40.4 Å². The van der Waals surface area contributed by atoms with Crippen molar-refractivity contribution in [2.45, 2.75) is 30.5 Å². The fraction of sp³-hybridized carbons (Fsp3) is 0.156. The summed E-state index contributed by atoms with van der Waals surface area (Å²) < 4.78 is 69.4. The van der Waals surface area contributed by atoms with Crippen LogP contribution in [-0.2, 0) is 16.4 Å². The number of carboxylic acid groups (broad SMARTS) is 1. The van der Waals surface area contributed by atoms with E-state index in [0.29, 0.717) is 6.07 Å². The van der Waals surface area contributed by atoms with Gasteiger partial charge in [0.15, 0.2) is 5.78 Å². The summed E-state index contributed by atoms with van der Waals surface area (Å²) in [6.45, 7) is 5.05. The van der Waals surface area contributed by atoms with E-state index < -0.39 is 46.1 Å². The van der Waals surface area contributed by atoms with Crippen LogP contribution in [0.5, 0.6) is 0 Å². The molecule has 3 aromatic carbocycles. The summed E-state index contributed by atoms with van der Waals surface area (Å²) in [7, 11) is 0. The predicted molar refractivity (Wildman–Crippen MR) is 145 cm³/mol. The van der Waals surface area contributed by atoms with Crippen molar-refractivity contribution in [1.29, 1.82) is 0 Å². The Kier molecular flexibility index (Phi) is 7.92. The summed E-state index contributed by atoms with van der Waals surface area (Å²) in [5.74, 6) is -3.77. The molecule has 0 radical (unpaired) electrons. The molecule has 0 heterocycles. The van der Waals surface area contributed by atoms with Gasteiger partial charge in [0.25, 0.3) is 0 Å². The zero-order valence-corrected chi connectivity index (χ0v) is 21.8. The highest BCUT2D eigenvalue weighted by molar-refractivity contribution is 6.36. The smallest absolute Gasteiger partial charge is 0.416 e. The number of ketones is 1. The number of carbonyl (C=O) groups excluding carboxylic acids is 1. The van der Waals surface area contributed by atoms with Crippen molar-refractivity contribution in [3.63, 3.8) is 0 Å².